The van der Waals surface area contributed by atoms with Gasteiger partial charge in [0.15, 0.2) is 0 Å². The maximum atomic E-state index is 6.29. The van der Waals surface area contributed by atoms with Crippen LogP contribution in [-0.2, 0) is 12.8 Å². The summed E-state index contributed by atoms with van der Waals surface area (Å²) >= 11 is 6.29. The van der Waals surface area contributed by atoms with E-state index in [1.54, 1.807) is 0 Å². The maximum Gasteiger partial charge on any atom is 0.138 e. The molecule has 0 amide bonds. The number of halogens is 1. The molecule has 1 aliphatic heterocycles. The zero-order valence-corrected chi connectivity index (χ0v) is 15.6. The van der Waals surface area contributed by atoms with E-state index in [9.17, 15) is 0 Å². The van der Waals surface area contributed by atoms with Gasteiger partial charge in [-0.3, -0.25) is 0 Å². The first-order valence-corrected chi connectivity index (χ1v) is 9.57. The van der Waals surface area contributed by atoms with E-state index >= 15 is 0 Å². The van der Waals surface area contributed by atoms with E-state index in [4.69, 9.17) is 16.3 Å². The van der Waals surface area contributed by atoms with Crippen molar-refractivity contribution in [1.29, 1.82) is 0 Å². The van der Waals surface area contributed by atoms with E-state index in [0.29, 0.717) is 18.1 Å². The number of ether oxygens (including phenoxy) is 1. The Kier molecular flexibility index (Phi) is 6.65. The number of aromatic nitrogens is 2. The molecule has 0 atom stereocenters. The molecule has 0 spiro atoms. The van der Waals surface area contributed by atoms with Crippen LogP contribution in [0.15, 0.2) is 30.5 Å². The zero-order chi connectivity index (χ0) is 17.5. The number of benzene rings is 1. The molecule has 1 fully saturated rings. The van der Waals surface area contributed by atoms with Crippen molar-refractivity contribution in [3.63, 3.8) is 0 Å². The molecular formula is C20H26ClN3O. The molecule has 1 aromatic heterocycles. The number of hydrogen-bond donors (Lipinski definition) is 0. The van der Waals surface area contributed by atoms with Gasteiger partial charge in [-0.1, -0.05) is 24.6 Å². The van der Waals surface area contributed by atoms with Crippen LogP contribution in [-0.4, -0.2) is 41.1 Å². The van der Waals surface area contributed by atoms with Crippen LogP contribution in [0.2, 0.25) is 5.02 Å². The number of rotatable bonds is 8. The topological polar surface area (TPSA) is 38.2 Å². The Balaban J connectivity index is 1.55. The Hall–Kier alpha value is -1.65. The number of likely N-dealkylation sites (tertiary alicyclic amines) is 1. The van der Waals surface area contributed by atoms with E-state index in [1.165, 1.54) is 25.9 Å². The van der Waals surface area contributed by atoms with Crippen LogP contribution in [0.3, 0.4) is 0 Å². The lowest BCUT2D eigenvalue weighted by molar-refractivity contribution is 0.263. The van der Waals surface area contributed by atoms with Crippen LogP contribution < -0.4 is 4.74 Å². The molecule has 2 heterocycles. The fourth-order valence-electron chi connectivity index (χ4n) is 3.15. The summed E-state index contributed by atoms with van der Waals surface area (Å²) in [5.41, 5.74) is 2.18. The zero-order valence-electron chi connectivity index (χ0n) is 14.9. The lowest BCUT2D eigenvalue weighted by Crippen LogP contribution is -2.21. The van der Waals surface area contributed by atoms with E-state index in [2.05, 4.69) is 21.8 Å². The van der Waals surface area contributed by atoms with E-state index in [-0.39, 0.29) is 0 Å². The molecule has 0 saturated carbocycles. The van der Waals surface area contributed by atoms with Crippen LogP contribution in [0, 0.1) is 0 Å². The Morgan fingerprint density at radius 3 is 2.84 bits per heavy atom. The van der Waals surface area contributed by atoms with Crippen molar-refractivity contribution >= 4 is 11.6 Å². The monoisotopic (exact) mass is 359 g/mol. The van der Waals surface area contributed by atoms with E-state index < -0.39 is 0 Å². The standard InChI is InChI=1S/C20H26ClN3O/c1-2-17-8-9-22-20(23-17)15-16-6-7-18(21)19(14-16)25-13-5-12-24-10-3-4-11-24/h6-9,14H,2-5,10-13,15H2,1H3. The summed E-state index contributed by atoms with van der Waals surface area (Å²) < 4.78 is 5.92. The number of hydrogen-bond acceptors (Lipinski definition) is 4. The molecule has 0 unspecified atom stereocenters. The Bertz CT molecular complexity index is 686. The number of nitrogens with zero attached hydrogens (tertiary/aromatic N) is 3. The minimum atomic E-state index is 0.660. The van der Waals surface area contributed by atoms with Crippen molar-refractivity contribution in [3.8, 4) is 5.75 Å². The molecule has 4 nitrogen and oxygen atoms in total. The first-order chi connectivity index (χ1) is 12.2. The summed E-state index contributed by atoms with van der Waals surface area (Å²) in [6, 6.07) is 7.89. The average Bonchev–Trinajstić information content (AvgIpc) is 3.15. The van der Waals surface area contributed by atoms with Gasteiger partial charge in [0.05, 0.1) is 11.6 Å². The molecule has 1 aromatic carbocycles. The summed E-state index contributed by atoms with van der Waals surface area (Å²) in [5.74, 6) is 1.59. The Morgan fingerprint density at radius 1 is 1.20 bits per heavy atom. The molecule has 5 heteroatoms. The minimum absolute atomic E-state index is 0.660. The van der Waals surface area contributed by atoms with Gasteiger partial charge in [0.2, 0.25) is 0 Å². The van der Waals surface area contributed by atoms with Crippen LogP contribution in [0.1, 0.15) is 43.3 Å². The second-order valence-electron chi connectivity index (χ2n) is 6.51. The highest BCUT2D eigenvalue weighted by Crippen LogP contribution is 2.26. The molecule has 1 aliphatic rings. The van der Waals surface area contributed by atoms with E-state index in [0.717, 1.165) is 42.2 Å². The van der Waals surface area contributed by atoms with Gasteiger partial charge < -0.3 is 9.64 Å². The van der Waals surface area contributed by atoms with Crippen molar-refractivity contribution in [2.45, 2.75) is 39.0 Å². The van der Waals surface area contributed by atoms with Gasteiger partial charge in [-0.05, 0) is 62.5 Å². The summed E-state index contributed by atoms with van der Waals surface area (Å²) in [5, 5.41) is 0.660. The van der Waals surface area contributed by atoms with Crippen molar-refractivity contribution in [2.24, 2.45) is 0 Å². The predicted octanol–water partition coefficient (Wildman–Crippen LogP) is 4.15. The third-order valence-corrected chi connectivity index (χ3v) is 4.87. The van der Waals surface area contributed by atoms with E-state index in [1.807, 2.05) is 30.5 Å². The predicted molar refractivity (Wildman–Crippen MR) is 101 cm³/mol. The second kappa shape index (κ2) is 9.16. The van der Waals surface area contributed by atoms with Crippen LogP contribution in [0.4, 0.5) is 0 Å². The fourth-order valence-corrected chi connectivity index (χ4v) is 3.32. The third-order valence-electron chi connectivity index (χ3n) is 4.56. The van der Waals surface area contributed by atoms with Gasteiger partial charge in [0.25, 0.3) is 0 Å². The Labute approximate surface area is 155 Å². The quantitative estimate of drug-likeness (QED) is 0.664. The lowest BCUT2D eigenvalue weighted by Gasteiger charge is -2.15. The first kappa shape index (κ1) is 18.2. The molecule has 0 bridgehead atoms. The molecule has 1 saturated heterocycles. The van der Waals surface area contributed by atoms with Crippen LogP contribution in [0.25, 0.3) is 0 Å². The first-order valence-electron chi connectivity index (χ1n) is 9.19. The SMILES string of the molecule is CCc1ccnc(Cc2ccc(Cl)c(OCCCN3CCCC3)c2)n1. The molecule has 3 rings (SSSR count). The summed E-state index contributed by atoms with van der Waals surface area (Å²) in [7, 11) is 0. The summed E-state index contributed by atoms with van der Waals surface area (Å²) in [4.78, 5) is 11.4. The largest absolute Gasteiger partial charge is 0.492 e. The van der Waals surface area contributed by atoms with Crippen molar-refractivity contribution in [3.05, 3.63) is 52.6 Å². The van der Waals surface area contributed by atoms with Gasteiger partial charge in [-0.25, -0.2) is 9.97 Å². The van der Waals surface area contributed by atoms with Gasteiger partial charge >= 0.3 is 0 Å². The lowest BCUT2D eigenvalue weighted by atomic mass is 10.1. The summed E-state index contributed by atoms with van der Waals surface area (Å²) in [6.07, 6.45) is 7.12. The van der Waals surface area contributed by atoms with Gasteiger partial charge in [-0.2, -0.15) is 0 Å². The molecular weight excluding hydrogens is 334 g/mol. The van der Waals surface area contributed by atoms with Crippen molar-refractivity contribution in [1.82, 2.24) is 14.9 Å². The third kappa shape index (κ3) is 5.41. The second-order valence-corrected chi connectivity index (χ2v) is 6.92. The highest BCUT2D eigenvalue weighted by atomic mass is 35.5. The normalized spacial score (nSPS) is 14.8. The Morgan fingerprint density at radius 2 is 2.04 bits per heavy atom. The number of aryl methyl sites for hydroxylation is 1. The maximum absolute atomic E-state index is 6.29. The van der Waals surface area contributed by atoms with Gasteiger partial charge in [-0.15, -0.1) is 0 Å². The molecule has 2 aromatic rings. The molecule has 25 heavy (non-hydrogen) atoms. The van der Waals surface area contributed by atoms with Gasteiger partial charge in [0, 0.05) is 24.9 Å². The fraction of sp³-hybridized carbons (Fsp3) is 0.500. The molecule has 0 aliphatic carbocycles. The van der Waals surface area contributed by atoms with Gasteiger partial charge in [0.1, 0.15) is 11.6 Å². The average molecular weight is 360 g/mol. The summed E-state index contributed by atoms with van der Waals surface area (Å²) in [6.45, 7) is 6.36. The smallest absolute Gasteiger partial charge is 0.138 e. The molecule has 134 valence electrons. The minimum Gasteiger partial charge on any atom is -0.492 e. The molecule has 0 radical (unpaired) electrons. The van der Waals surface area contributed by atoms with Crippen LogP contribution in [0.5, 0.6) is 5.75 Å². The highest BCUT2D eigenvalue weighted by molar-refractivity contribution is 6.32. The molecule has 0 N–H and O–H groups in total. The van der Waals surface area contributed by atoms with Crippen LogP contribution >= 0.6 is 11.6 Å². The van der Waals surface area contributed by atoms with Crippen molar-refractivity contribution < 1.29 is 4.74 Å². The highest BCUT2D eigenvalue weighted by Gasteiger charge is 2.11. The van der Waals surface area contributed by atoms with Crippen molar-refractivity contribution in [2.75, 3.05) is 26.2 Å².